The molecular formula is C31H29Cl2N3O5S. The van der Waals surface area contributed by atoms with Crippen molar-refractivity contribution in [3.63, 3.8) is 0 Å². The monoisotopic (exact) mass is 625 g/mol. The third-order valence-electron chi connectivity index (χ3n) is 6.11. The van der Waals surface area contributed by atoms with E-state index in [1.165, 1.54) is 19.5 Å². The maximum Gasteiger partial charge on any atom is 0.284 e. The first-order chi connectivity index (χ1) is 20.1. The van der Waals surface area contributed by atoms with Crippen molar-refractivity contribution in [1.29, 1.82) is 0 Å². The van der Waals surface area contributed by atoms with Gasteiger partial charge in [-0.3, -0.25) is 4.79 Å². The Morgan fingerprint density at radius 3 is 2.38 bits per heavy atom. The third kappa shape index (κ3) is 7.82. The average Bonchev–Trinajstić information content (AvgIpc) is 2.97. The van der Waals surface area contributed by atoms with E-state index in [1.54, 1.807) is 91.8 Å². The second-order valence-corrected chi connectivity index (χ2v) is 11.8. The van der Waals surface area contributed by atoms with Crippen molar-refractivity contribution in [3.05, 3.63) is 106 Å². The average molecular weight is 627 g/mol. The molecule has 1 N–H and O–H groups in total. The Labute approximate surface area is 255 Å². The quantitative estimate of drug-likeness (QED) is 0.145. The van der Waals surface area contributed by atoms with Crippen molar-refractivity contribution in [2.75, 3.05) is 33.1 Å². The van der Waals surface area contributed by atoms with Gasteiger partial charge >= 0.3 is 0 Å². The topological polar surface area (TPSA) is 97.3 Å². The molecule has 0 unspecified atom stereocenters. The van der Waals surface area contributed by atoms with E-state index in [9.17, 15) is 13.2 Å². The molecule has 0 bridgehead atoms. The zero-order chi connectivity index (χ0) is 30.3. The number of benzene rings is 4. The first-order valence-electron chi connectivity index (χ1n) is 12.8. The fourth-order valence-corrected chi connectivity index (χ4v) is 5.65. The van der Waals surface area contributed by atoms with Crippen molar-refractivity contribution in [3.8, 4) is 22.6 Å². The first-order valence-corrected chi connectivity index (χ1v) is 15.0. The molecule has 42 heavy (non-hydrogen) atoms. The van der Waals surface area contributed by atoms with Crippen LogP contribution in [-0.4, -0.2) is 53.4 Å². The van der Waals surface area contributed by atoms with Gasteiger partial charge in [0.1, 0.15) is 6.34 Å². The number of anilines is 1. The number of nitrogens with zero attached hydrogens (tertiary/aromatic N) is 2. The molecule has 1 amide bonds. The molecule has 0 aliphatic carbocycles. The molecule has 0 radical (unpaired) electrons. The number of sulfonamides is 1. The zero-order valence-corrected chi connectivity index (χ0v) is 25.5. The molecule has 0 aromatic heterocycles. The van der Waals surface area contributed by atoms with Gasteiger partial charge in [-0.1, -0.05) is 59.6 Å². The van der Waals surface area contributed by atoms with Crippen LogP contribution in [0.1, 0.15) is 15.9 Å². The summed E-state index contributed by atoms with van der Waals surface area (Å²) in [7, 11) is 0.997. The molecule has 218 valence electrons. The number of amides is 1. The lowest BCUT2D eigenvalue weighted by molar-refractivity contribution is 0.102. The normalized spacial score (nSPS) is 11.4. The molecule has 0 heterocycles. The van der Waals surface area contributed by atoms with E-state index in [-0.39, 0.29) is 10.8 Å². The Morgan fingerprint density at radius 2 is 1.69 bits per heavy atom. The molecule has 0 saturated carbocycles. The maximum absolute atomic E-state index is 13.1. The van der Waals surface area contributed by atoms with Crippen molar-refractivity contribution in [2.24, 2.45) is 4.40 Å². The van der Waals surface area contributed by atoms with Gasteiger partial charge in [0.15, 0.2) is 11.5 Å². The SMILES string of the molecule is COc1ccc(C(=O)Nc2ccc(-c3ccccc3S(=O)(=O)N=CN(C)C)cc2)cc1OCCc1ccc(Cl)cc1Cl. The minimum absolute atomic E-state index is 0.0870. The predicted molar refractivity (Wildman–Crippen MR) is 168 cm³/mol. The fraction of sp³-hybridized carbons (Fsp3) is 0.161. The number of nitrogens with one attached hydrogen (secondary N) is 1. The van der Waals surface area contributed by atoms with Crippen LogP contribution in [0.3, 0.4) is 0 Å². The molecule has 4 aromatic carbocycles. The van der Waals surface area contributed by atoms with Crippen LogP contribution in [0, 0.1) is 0 Å². The molecule has 4 rings (SSSR count). The Hall–Kier alpha value is -4.05. The first kappa shape index (κ1) is 30.9. The summed E-state index contributed by atoms with van der Waals surface area (Å²) >= 11 is 12.2. The highest BCUT2D eigenvalue weighted by atomic mass is 35.5. The van der Waals surface area contributed by atoms with E-state index in [0.29, 0.717) is 56.9 Å². The molecule has 0 atom stereocenters. The van der Waals surface area contributed by atoms with E-state index in [2.05, 4.69) is 9.71 Å². The fourth-order valence-electron chi connectivity index (χ4n) is 4.01. The lowest BCUT2D eigenvalue weighted by Crippen LogP contribution is -2.12. The van der Waals surface area contributed by atoms with Gasteiger partial charge in [-0.15, -0.1) is 4.40 Å². The number of hydrogen-bond donors (Lipinski definition) is 1. The maximum atomic E-state index is 13.1. The van der Waals surface area contributed by atoms with Crippen LogP contribution in [0.4, 0.5) is 5.69 Å². The number of carbonyl (C=O) groups excluding carboxylic acids is 1. The van der Waals surface area contributed by atoms with E-state index in [1.807, 2.05) is 6.07 Å². The highest BCUT2D eigenvalue weighted by Crippen LogP contribution is 2.31. The smallest absolute Gasteiger partial charge is 0.284 e. The van der Waals surface area contributed by atoms with Gasteiger partial charge in [0.25, 0.3) is 15.9 Å². The summed E-state index contributed by atoms with van der Waals surface area (Å²) in [5.74, 6) is 0.555. The highest BCUT2D eigenvalue weighted by Gasteiger charge is 2.18. The number of halogens is 2. The van der Waals surface area contributed by atoms with Crippen LogP contribution >= 0.6 is 23.2 Å². The molecule has 0 fully saturated rings. The lowest BCUT2D eigenvalue weighted by Gasteiger charge is -2.13. The van der Waals surface area contributed by atoms with Gasteiger partial charge in [-0.2, -0.15) is 8.42 Å². The van der Waals surface area contributed by atoms with Crippen LogP contribution < -0.4 is 14.8 Å². The Balaban J connectivity index is 1.47. The lowest BCUT2D eigenvalue weighted by atomic mass is 10.1. The van der Waals surface area contributed by atoms with Gasteiger partial charge in [0, 0.05) is 47.4 Å². The van der Waals surface area contributed by atoms with E-state index in [0.717, 1.165) is 5.56 Å². The van der Waals surface area contributed by atoms with Gasteiger partial charge in [-0.05, 0) is 59.7 Å². The van der Waals surface area contributed by atoms with Gasteiger partial charge in [-0.25, -0.2) is 0 Å². The summed E-state index contributed by atoms with van der Waals surface area (Å²) in [5, 5.41) is 3.98. The summed E-state index contributed by atoms with van der Waals surface area (Å²) in [6.07, 6.45) is 1.78. The van der Waals surface area contributed by atoms with Gasteiger partial charge in [0.05, 0.1) is 18.6 Å². The van der Waals surface area contributed by atoms with Crippen LogP contribution in [0.2, 0.25) is 10.0 Å². The summed E-state index contributed by atoms with van der Waals surface area (Å²) < 4.78 is 40.7. The summed E-state index contributed by atoms with van der Waals surface area (Å²) in [5.41, 5.74) is 2.95. The number of ether oxygens (including phenoxy) is 2. The molecule has 0 saturated heterocycles. The predicted octanol–water partition coefficient (Wildman–Crippen LogP) is 6.82. The van der Waals surface area contributed by atoms with E-state index >= 15 is 0 Å². The summed E-state index contributed by atoms with van der Waals surface area (Å²) in [6.45, 7) is 0.307. The number of hydrogen-bond acceptors (Lipinski definition) is 5. The minimum atomic E-state index is -3.91. The third-order valence-corrected chi connectivity index (χ3v) is 7.98. The highest BCUT2D eigenvalue weighted by molar-refractivity contribution is 7.90. The standard InChI is InChI=1S/C31H29Cl2N3O5S/c1-36(2)20-34-42(38,39)30-7-5-4-6-26(30)21-9-13-25(14-10-21)35-31(37)23-11-15-28(40-3)29(18-23)41-17-16-22-8-12-24(32)19-27(22)33/h4-15,18-20H,16-17H2,1-3H3,(H,35,37). The Kier molecular flexibility index (Phi) is 10.1. The van der Waals surface area contributed by atoms with Crippen molar-refractivity contribution in [1.82, 2.24) is 4.90 Å². The Bertz CT molecular complexity index is 1710. The number of carbonyl (C=O) groups is 1. The molecule has 0 aliphatic heterocycles. The van der Waals surface area contributed by atoms with E-state index in [4.69, 9.17) is 32.7 Å². The van der Waals surface area contributed by atoms with Gasteiger partial charge < -0.3 is 19.7 Å². The van der Waals surface area contributed by atoms with Gasteiger partial charge in [0.2, 0.25) is 0 Å². The second kappa shape index (κ2) is 13.7. The second-order valence-electron chi connectivity index (χ2n) is 9.39. The summed E-state index contributed by atoms with van der Waals surface area (Å²) in [6, 6.07) is 23.7. The van der Waals surface area contributed by atoms with Crippen molar-refractivity contribution >= 4 is 51.2 Å². The van der Waals surface area contributed by atoms with E-state index < -0.39 is 10.0 Å². The molecule has 0 aliphatic rings. The molecule has 0 spiro atoms. The minimum Gasteiger partial charge on any atom is -0.493 e. The summed E-state index contributed by atoms with van der Waals surface area (Å²) in [4.78, 5) is 14.7. The van der Waals surface area contributed by atoms with Crippen LogP contribution in [-0.2, 0) is 16.4 Å². The largest absolute Gasteiger partial charge is 0.493 e. The van der Waals surface area contributed by atoms with Crippen molar-refractivity contribution < 1.29 is 22.7 Å². The Morgan fingerprint density at radius 1 is 0.952 bits per heavy atom. The molecular weight excluding hydrogens is 597 g/mol. The zero-order valence-electron chi connectivity index (χ0n) is 23.2. The molecule has 4 aromatic rings. The molecule has 8 nitrogen and oxygen atoms in total. The number of rotatable bonds is 11. The van der Waals surface area contributed by atoms with Crippen LogP contribution in [0.25, 0.3) is 11.1 Å². The van der Waals surface area contributed by atoms with Crippen LogP contribution in [0.15, 0.2) is 94.2 Å². The van der Waals surface area contributed by atoms with Crippen molar-refractivity contribution in [2.45, 2.75) is 11.3 Å². The molecule has 11 heteroatoms. The number of methoxy groups -OCH3 is 1. The van der Waals surface area contributed by atoms with Crippen LogP contribution in [0.5, 0.6) is 11.5 Å².